The summed E-state index contributed by atoms with van der Waals surface area (Å²) in [5.74, 6) is 0.803. The van der Waals surface area contributed by atoms with Crippen LogP contribution in [0.25, 0.3) is 0 Å². The molecule has 6 aliphatic rings. The molecule has 4 bridgehead atoms. The van der Waals surface area contributed by atoms with Gasteiger partial charge in [-0.1, -0.05) is 19.9 Å². The molecule has 5 aliphatic carbocycles. The minimum absolute atomic E-state index is 0.00897. The summed E-state index contributed by atoms with van der Waals surface area (Å²) in [6, 6.07) is 0.00897. The van der Waals surface area contributed by atoms with E-state index in [2.05, 4.69) is 19.7 Å². The van der Waals surface area contributed by atoms with Gasteiger partial charge >= 0.3 is 5.97 Å². The highest BCUT2D eigenvalue weighted by Gasteiger charge is 2.73. The molecule has 0 aromatic rings. The molecule has 9 atom stereocenters. The summed E-state index contributed by atoms with van der Waals surface area (Å²) in [5.41, 5.74) is 0.414. The second-order valence-corrected chi connectivity index (χ2v) is 11.2. The van der Waals surface area contributed by atoms with Gasteiger partial charge in [0.05, 0.1) is 12.1 Å². The highest BCUT2D eigenvalue weighted by Crippen LogP contribution is 2.73. The van der Waals surface area contributed by atoms with Crippen LogP contribution >= 0.6 is 0 Å². The lowest BCUT2D eigenvalue weighted by molar-refractivity contribution is -0.245. The van der Waals surface area contributed by atoms with Gasteiger partial charge in [-0.05, 0) is 74.2 Å². The number of hydrogen-bond acceptors (Lipinski definition) is 5. The average Bonchev–Trinajstić information content (AvgIpc) is 2.67. The number of carbonyl (C=O) groups is 2. The zero-order valence-electron chi connectivity index (χ0n) is 18.5. The second kappa shape index (κ2) is 6.51. The number of carbonyl (C=O) groups excluding carboxylic acids is 2. The maximum absolute atomic E-state index is 12.0. The van der Waals surface area contributed by atoms with Crippen LogP contribution in [0.3, 0.4) is 0 Å². The van der Waals surface area contributed by atoms with E-state index in [1.54, 1.807) is 6.92 Å². The molecule has 5 saturated carbocycles. The Morgan fingerprint density at radius 2 is 2.00 bits per heavy atom. The highest BCUT2D eigenvalue weighted by molar-refractivity contribution is 5.78. The van der Waals surface area contributed by atoms with E-state index in [9.17, 15) is 14.7 Å². The van der Waals surface area contributed by atoms with Crippen LogP contribution in [-0.2, 0) is 14.3 Å². The Bertz CT molecular complexity index is 835. The molecule has 0 aromatic carbocycles. The van der Waals surface area contributed by atoms with Crippen molar-refractivity contribution in [1.82, 2.24) is 0 Å². The van der Waals surface area contributed by atoms with Crippen LogP contribution in [0.2, 0.25) is 0 Å². The Balaban J connectivity index is 1.63. The number of ketones is 1. The lowest BCUT2D eigenvalue weighted by Gasteiger charge is -2.72. The summed E-state index contributed by atoms with van der Waals surface area (Å²) in [5, 5.41) is 11.7. The van der Waals surface area contributed by atoms with Gasteiger partial charge in [-0.15, -0.1) is 0 Å². The molecule has 0 saturated heterocycles. The van der Waals surface area contributed by atoms with Crippen molar-refractivity contribution in [3.05, 3.63) is 12.2 Å². The number of rotatable bonds is 3. The molecule has 30 heavy (non-hydrogen) atoms. The van der Waals surface area contributed by atoms with E-state index < -0.39 is 17.6 Å². The Morgan fingerprint density at radius 3 is 2.70 bits per heavy atom. The summed E-state index contributed by atoms with van der Waals surface area (Å²) in [6.07, 6.45) is 8.65. The summed E-state index contributed by atoms with van der Waals surface area (Å²) in [6.45, 7) is 9.76. The number of aliphatic hydroxyl groups excluding tert-OH is 1. The van der Waals surface area contributed by atoms with Gasteiger partial charge in [-0.25, -0.2) is 0 Å². The van der Waals surface area contributed by atoms with E-state index in [-0.39, 0.29) is 34.5 Å². The quantitative estimate of drug-likeness (QED) is 0.563. The Hall–Kier alpha value is -1.49. The van der Waals surface area contributed by atoms with Crippen LogP contribution < -0.4 is 0 Å². The Morgan fingerprint density at radius 1 is 1.23 bits per heavy atom. The lowest BCUT2D eigenvalue weighted by atomic mass is 9.34. The zero-order chi connectivity index (χ0) is 21.5. The van der Waals surface area contributed by atoms with Crippen LogP contribution in [0, 0.1) is 34.0 Å². The third kappa shape index (κ3) is 2.42. The molecule has 0 aromatic heterocycles. The largest absolute Gasteiger partial charge is 0.457 e. The first-order valence-electron chi connectivity index (χ1n) is 11.7. The molecular weight excluding hydrogens is 378 g/mol. The minimum atomic E-state index is -0.523. The summed E-state index contributed by atoms with van der Waals surface area (Å²) in [4.78, 5) is 29.0. The van der Waals surface area contributed by atoms with Gasteiger partial charge in [0.25, 0.3) is 0 Å². The smallest absolute Gasteiger partial charge is 0.303 e. The van der Waals surface area contributed by atoms with Crippen molar-refractivity contribution in [1.29, 1.82) is 0 Å². The second-order valence-electron chi connectivity index (χ2n) is 11.2. The van der Waals surface area contributed by atoms with Gasteiger partial charge in [0, 0.05) is 30.4 Å². The maximum atomic E-state index is 12.0. The molecule has 164 valence electrons. The fraction of sp³-hybridized carbons (Fsp3) is 0.800. The van der Waals surface area contributed by atoms with Gasteiger partial charge in [-0.3, -0.25) is 14.6 Å². The molecule has 0 radical (unpaired) electrons. The molecule has 1 heterocycles. The molecule has 0 amide bonds. The zero-order valence-corrected chi connectivity index (χ0v) is 18.5. The van der Waals surface area contributed by atoms with E-state index >= 15 is 0 Å². The van der Waals surface area contributed by atoms with Crippen LogP contribution in [0.15, 0.2) is 17.1 Å². The van der Waals surface area contributed by atoms with E-state index in [1.807, 2.05) is 0 Å². The van der Waals surface area contributed by atoms with Gasteiger partial charge in [0.15, 0.2) is 0 Å². The molecule has 1 spiro atoms. The van der Waals surface area contributed by atoms with Crippen molar-refractivity contribution in [3.63, 3.8) is 0 Å². The Labute approximate surface area is 179 Å². The maximum Gasteiger partial charge on any atom is 0.303 e. The van der Waals surface area contributed by atoms with Crippen molar-refractivity contribution in [2.24, 2.45) is 39.0 Å². The molecular formula is C25H35NO4. The van der Waals surface area contributed by atoms with Gasteiger partial charge < -0.3 is 9.84 Å². The van der Waals surface area contributed by atoms with E-state index in [1.165, 1.54) is 6.92 Å². The third-order valence-electron chi connectivity index (χ3n) is 9.96. The van der Waals surface area contributed by atoms with Gasteiger partial charge in [-0.2, -0.15) is 0 Å². The number of fused-ring (bicyclic) bond motifs is 2. The standard InChI is InChI=1S/C25H35NO4/c1-14(27)10-20-23(4)7-5-8-24(13-26-20)18(23)12-21(29)25-9-6-17(11-19(24)25)15(2)22(25)30-16(3)28/h13,17-22,29H,2,5-12H2,1,3-4H3. The first-order valence-corrected chi connectivity index (χ1v) is 11.7. The first kappa shape index (κ1) is 20.4. The molecule has 5 heteroatoms. The van der Waals surface area contributed by atoms with Crippen LogP contribution in [-0.4, -0.2) is 41.3 Å². The van der Waals surface area contributed by atoms with Gasteiger partial charge in [0.1, 0.15) is 11.9 Å². The predicted molar refractivity (Wildman–Crippen MR) is 114 cm³/mol. The predicted octanol–water partition coefficient (Wildman–Crippen LogP) is 3.88. The number of ether oxygens (including phenoxy) is 1. The van der Waals surface area contributed by atoms with E-state index in [4.69, 9.17) is 9.73 Å². The number of Topliss-reactive ketones (excluding diaryl/α,β-unsaturated/α-hetero) is 1. The SMILES string of the molecule is C=C1C2CCC3(C(O)CC4C5(C)CCCC4(C=NC5CC(C)=O)C3C2)C1OC(C)=O. The van der Waals surface area contributed by atoms with Gasteiger partial charge in [0.2, 0.25) is 0 Å². The van der Waals surface area contributed by atoms with Crippen molar-refractivity contribution in [3.8, 4) is 0 Å². The number of nitrogens with zero attached hydrogens (tertiary/aromatic N) is 1. The number of esters is 1. The molecule has 6 rings (SSSR count). The van der Waals surface area contributed by atoms with Crippen LogP contribution in [0.1, 0.15) is 72.1 Å². The highest BCUT2D eigenvalue weighted by atomic mass is 16.5. The fourth-order valence-corrected chi connectivity index (χ4v) is 8.76. The molecule has 5 fully saturated rings. The van der Waals surface area contributed by atoms with Crippen molar-refractivity contribution >= 4 is 18.0 Å². The summed E-state index contributed by atoms with van der Waals surface area (Å²) in [7, 11) is 0. The topological polar surface area (TPSA) is 76.0 Å². The van der Waals surface area contributed by atoms with Crippen LogP contribution in [0.4, 0.5) is 0 Å². The minimum Gasteiger partial charge on any atom is -0.457 e. The number of aliphatic hydroxyl groups is 1. The summed E-state index contributed by atoms with van der Waals surface area (Å²) < 4.78 is 5.89. The molecule has 1 N–H and O–H groups in total. The number of hydrogen-bond donors (Lipinski definition) is 1. The van der Waals surface area contributed by atoms with Crippen LogP contribution in [0.5, 0.6) is 0 Å². The van der Waals surface area contributed by atoms with E-state index in [0.29, 0.717) is 24.7 Å². The van der Waals surface area contributed by atoms with Crippen molar-refractivity contribution in [2.45, 2.75) is 90.4 Å². The number of aliphatic imine (C=N–C) groups is 1. The molecule has 1 aliphatic heterocycles. The van der Waals surface area contributed by atoms with Crippen molar-refractivity contribution < 1.29 is 19.4 Å². The fourth-order valence-electron chi connectivity index (χ4n) is 8.76. The lowest BCUT2D eigenvalue weighted by Crippen LogP contribution is -2.72. The molecule has 9 unspecified atom stereocenters. The molecule has 5 nitrogen and oxygen atoms in total. The van der Waals surface area contributed by atoms with Crippen molar-refractivity contribution in [2.75, 3.05) is 0 Å². The Kier molecular flexibility index (Phi) is 4.43. The average molecular weight is 414 g/mol. The normalized spacial score (nSPS) is 51.1. The summed E-state index contributed by atoms with van der Waals surface area (Å²) >= 11 is 0. The van der Waals surface area contributed by atoms with E-state index in [0.717, 1.165) is 44.1 Å². The third-order valence-corrected chi connectivity index (χ3v) is 9.96. The first-order chi connectivity index (χ1) is 14.1. The monoisotopic (exact) mass is 413 g/mol.